The summed E-state index contributed by atoms with van der Waals surface area (Å²) in [6, 6.07) is 7.91. The fraction of sp³-hybridized carbons (Fsp3) is 0.704. The van der Waals surface area contributed by atoms with E-state index in [0.717, 1.165) is 56.6 Å². The SMILES string of the molecule is COc1ccc(COCCCOCCCCCCCCCCCCCC#CC(F)(F)F)cc1. The zero-order chi connectivity index (χ0) is 24.0. The van der Waals surface area contributed by atoms with Crippen LogP contribution in [-0.4, -0.2) is 33.1 Å². The van der Waals surface area contributed by atoms with E-state index in [1.165, 1.54) is 50.9 Å². The number of alkyl halides is 3. The molecule has 0 aliphatic rings. The Morgan fingerprint density at radius 1 is 0.667 bits per heavy atom. The fourth-order valence-electron chi connectivity index (χ4n) is 3.45. The van der Waals surface area contributed by atoms with Crippen molar-refractivity contribution in [1.29, 1.82) is 0 Å². The molecule has 1 aromatic rings. The van der Waals surface area contributed by atoms with E-state index >= 15 is 0 Å². The highest BCUT2D eigenvalue weighted by Gasteiger charge is 2.22. The van der Waals surface area contributed by atoms with Gasteiger partial charge in [0, 0.05) is 32.2 Å². The molecule has 1 aromatic carbocycles. The predicted octanol–water partition coefficient (Wildman–Crippen LogP) is 7.87. The van der Waals surface area contributed by atoms with Crippen LogP contribution in [0.3, 0.4) is 0 Å². The number of hydrogen-bond donors (Lipinski definition) is 0. The lowest BCUT2D eigenvalue weighted by Gasteiger charge is -2.07. The highest BCUT2D eigenvalue weighted by atomic mass is 19.4. The van der Waals surface area contributed by atoms with Crippen LogP contribution < -0.4 is 4.74 Å². The second kappa shape index (κ2) is 19.7. The normalized spacial score (nSPS) is 11.3. The van der Waals surface area contributed by atoms with Crippen molar-refractivity contribution in [3.05, 3.63) is 29.8 Å². The largest absolute Gasteiger partial charge is 0.497 e. The minimum absolute atomic E-state index is 0.349. The number of halogens is 3. The third-order valence-corrected chi connectivity index (χ3v) is 5.33. The van der Waals surface area contributed by atoms with Crippen LogP contribution in [0, 0.1) is 11.8 Å². The van der Waals surface area contributed by atoms with Crippen molar-refractivity contribution < 1.29 is 27.4 Å². The molecule has 0 aliphatic heterocycles. The molecule has 188 valence electrons. The maximum Gasteiger partial charge on any atom is 0.457 e. The molecule has 0 radical (unpaired) electrons. The molecule has 0 bridgehead atoms. The third kappa shape index (κ3) is 19.5. The summed E-state index contributed by atoms with van der Waals surface area (Å²) in [6.45, 7) is 2.89. The summed E-state index contributed by atoms with van der Waals surface area (Å²) in [5.74, 6) is 4.37. The van der Waals surface area contributed by atoms with Crippen LogP contribution in [0.1, 0.15) is 89.0 Å². The van der Waals surface area contributed by atoms with Gasteiger partial charge in [0.25, 0.3) is 0 Å². The number of benzene rings is 1. The molecule has 0 aliphatic carbocycles. The van der Waals surface area contributed by atoms with E-state index in [-0.39, 0.29) is 0 Å². The van der Waals surface area contributed by atoms with Crippen molar-refractivity contribution in [2.45, 2.75) is 96.3 Å². The number of hydrogen-bond acceptors (Lipinski definition) is 3. The first-order valence-corrected chi connectivity index (χ1v) is 12.4. The van der Waals surface area contributed by atoms with Crippen LogP contribution in [-0.2, 0) is 16.1 Å². The van der Waals surface area contributed by atoms with E-state index in [9.17, 15) is 13.2 Å². The van der Waals surface area contributed by atoms with Crippen molar-refractivity contribution >= 4 is 0 Å². The summed E-state index contributed by atoms with van der Waals surface area (Å²) in [7, 11) is 1.66. The van der Waals surface area contributed by atoms with Gasteiger partial charge in [-0.1, -0.05) is 75.8 Å². The maximum absolute atomic E-state index is 11.9. The van der Waals surface area contributed by atoms with Gasteiger partial charge in [0.15, 0.2) is 0 Å². The average Bonchev–Trinajstić information content (AvgIpc) is 2.79. The smallest absolute Gasteiger partial charge is 0.457 e. The van der Waals surface area contributed by atoms with Gasteiger partial charge in [0.1, 0.15) is 5.75 Å². The minimum atomic E-state index is -4.35. The highest BCUT2D eigenvalue weighted by Crippen LogP contribution is 2.14. The number of ether oxygens (including phenoxy) is 3. The Kier molecular flexibility index (Phi) is 17.5. The van der Waals surface area contributed by atoms with E-state index in [1.54, 1.807) is 7.11 Å². The van der Waals surface area contributed by atoms with E-state index in [0.29, 0.717) is 19.6 Å². The molecule has 3 nitrogen and oxygen atoms in total. The monoisotopic (exact) mass is 470 g/mol. The molecule has 1 rings (SSSR count). The molecule has 0 amide bonds. The first kappa shape index (κ1) is 29.3. The second-order valence-electron chi connectivity index (χ2n) is 8.31. The van der Waals surface area contributed by atoms with Crippen LogP contribution in [0.15, 0.2) is 24.3 Å². The molecule has 0 saturated heterocycles. The van der Waals surface area contributed by atoms with Crippen molar-refractivity contribution in [2.75, 3.05) is 26.9 Å². The second-order valence-corrected chi connectivity index (χ2v) is 8.31. The average molecular weight is 471 g/mol. The lowest BCUT2D eigenvalue weighted by Crippen LogP contribution is -2.02. The zero-order valence-corrected chi connectivity index (χ0v) is 20.2. The van der Waals surface area contributed by atoms with Crippen molar-refractivity contribution in [3.63, 3.8) is 0 Å². The van der Waals surface area contributed by atoms with Crippen LogP contribution in [0.2, 0.25) is 0 Å². The van der Waals surface area contributed by atoms with Crippen LogP contribution >= 0.6 is 0 Å². The van der Waals surface area contributed by atoms with Crippen LogP contribution in [0.25, 0.3) is 0 Å². The first-order valence-electron chi connectivity index (χ1n) is 12.4. The molecular formula is C27H41F3O3. The van der Waals surface area contributed by atoms with Crippen molar-refractivity contribution in [2.24, 2.45) is 0 Å². The Bertz CT molecular complexity index is 633. The molecule has 0 heterocycles. The Morgan fingerprint density at radius 2 is 1.18 bits per heavy atom. The first-order chi connectivity index (χ1) is 16.0. The summed E-state index contributed by atoms with van der Waals surface area (Å²) in [5, 5.41) is 0. The minimum Gasteiger partial charge on any atom is -0.497 e. The van der Waals surface area contributed by atoms with Gasteiger partial charge in [-0.15, -0.1) is 0 Å². The Morgan fingerprint density at radius 3 is 1.76 bits per heavy atom. The van der Waals surface area contributed by atoms with E-state index < -0.39 is 6.18 Å². The molecule has 0 fully saturated rings. The number of unbranched alkanes of at least 4 members (excludes halogenated alkanes) is 11. The van der Waals surface area contributed by atoms with Gasteiger partial charge >= 0.3 is 6.18 Å². The van der Waals surface area contributed by atoms with Gasteiger partial charge in [-0.05, 0) is 37.0 Å². The predicted molar refractivity (Wildman–Crippen MR) is 127 cm³/mol. The van der Waals surface area contributed by atoms with Gasteiger partial charge in [0.05, 0.1) is 13.7 Å². The molecule has 0 atom stereocenters. The van der Waals surface area contributed by atoms with Crippen LogP contribution in [0.5, 0.6) is 5.75 Å². The van der Waals surface area contributed by atoms with E-state index in [2.05, 4.69) is 5.92 Å². The topological polar surface area (TPSA) is 27.7 Å². The van der Waals surface area contributed by atoms with E-state index in [1.807, 2.05) is 24.3 Å². The molecule has 0 spiro atoms. The number of rotatable bonds is 20. The summed E-state index contributed by atoms with van der Waals surface area (Å²) in [6.07, 6.45) is 9.52. The lowest BCUT2D eigenvalue weighted by molar-refractivity contribution is -0.0697. The molecule has 0 saturated carbocycles. The third-order valence-electron chi connectivity index (χ3n) is 5.33. The fourth-order valence-corrected chi connectivity index (χ4v) is 3.45. The Balaban J connectivity index is 1.74. The number of methoxy groups -OCH3 is 1. The molecular weight excluding hydrogens is 429 g/mol. The van der Waals surface area contributed by atoms with E-state index in [4.69, 9.17) is 14.2 Å². The summed E-state index contributed by atoms with van der Waals surface area (Å²) >= 11 is 0. The Labute approximate surface area is 198 Å². The van der Waals surface area contributed by atoms with Crippen LogP contribution in [0.4, 0.5) is 13.2 Å². The van der Waals surface area contributed by atoms with Gasteiger partial charge < -0.3 is 14.2 Å². The highest BCUT2D eigenvalue weighted by molar-refractivity contribution is 5.26. The standard InChI is InChI=1S/C27H41F3O3/c1-31-26-18-16-25(17-19-26)24-33-23-15-22-32-21-14-12-10-8-6-4-2-3-5-7-9-11-13-20-27(28,29)30/h16-19H,2-12,14-15,21-24H2,1H3. The van der Waals surface area contributed by atoms with Gasteiger partial charge in [-0.25, -0.2) is 0 Å². The molecule has 0 aromatic heterocycles. The summed E-state index contributed by atoms with van der Waals surface area (Å²) in [5.41, 5.74) is 1.14. The maximum atomic E-state index is 11.9. The van der Waals surface area contributed by atoms with Gasteiger partial charge in [0.2, 0.25) is 0 Å². The molecule has 6 heteroatoms. The van der Waals surface area contributed by atoms with Gasteiger partial charge in [-0.3, -0.25) is 0 Å². The van der Waals surface area contributed by atoms with Gasteiger partial charge in [-0.2, -0.15) is 13.2 Å². The quantitative estimate of drug-likeness (QED) is 0.143. The molecule has 33 heavy (non-hydrogen) atoms. The zero-order valence-electron chi connectivity index (χ0n) is 20.2. The molecule has 0 N–H and O–H groups in total. The summed E-state index contributed by atoms with van der Waals surface area (Å²) < 4.78 is 52.1. The lowest BCUT2D eigenvalue weighted by atomic mass is 10.1. The molecule has 0 unspecified atom stereocenters. The van der Waals surface area contributed by atoms with Crippen molar-refractivity contribution in [1.82, 2.24) is 0 Å². The van der Waals surface area contributed by atoms with Crippen molar-refractivity contribution in [3.8, 4) is 17.6 Å². The Hall–Kier alpha value is -1.71. The summed E-state index contributed by atoms with van der Waals surface area (Å²) in [4.78, 5) is 0.